The van der Waals surface area contributed by atoms with Gasteiger partial charge in [-0.05, 0) is 42.2 Å². The summed E-state index contributed by atoms with van der Waals surface area (Å²) < 4.78 is 21.7. The lowest BCUT2D eigenvalue weighted by atomic mass is 9.82. The molecule has 1 amide bonds. The Bertz CT molecular complexity index is 1170. The lowest BCUT2D eigenvalue weighted by Crippen LogP contribution is -2.24. The molecule has 1 N–H and O–H groups in total. The number of fused-ring (bicyclic) bond motifs is 1. The zero-order valence-electron chi connectivity index (χ0n) is 19.2. The van der Waals surface area contributed by atoms with Crippen LogP contribution in [0.4, 0.5) is 5.95 Å². The van der Waals surface area contributed by atoms with Crippen LogP contribution in [-0.4, -0.2) is 49.6 Å². The van der Waals surface area contributed by atoms with Crippen molar-refractivity contribution in [2.24, 2.45) is 0 Å². The number of ketones is 1. The predicted octanol–water partition coefficient (Wildman–Crippen LogP) is 3.43. The third-order valence-corrected chi connectivity index (χ3v) is 5.56. The summed E-state index contributed by atoms with van der Waals surface area (Å²) >= 11 is 0. The first-order chi connectivity index (χ1) is 16.5. The van der Waals surface area contributed by atoms with Gasteiger partial charge in [0.05, 0.1) is 32.6 Å². The van der Waals surface area contributed by atoms with Gasteiger partial charge >= 0.3 is 0 Å². The van der Waals surface area contributed by atoms with Gasteiger partial charge in [0, 0.05) is 12.6 Å². The van der Waals surface area contributed by atoms with Crippen LogP contribution < -0.4 is 24.3 Å². The van der Waals surface area contributed by atoms with E-state index in [9.17, 15) is 9.59 Å². The maximum absolute atomic E-state index is 12.8. The molecule has 176 valence electrons. The van der Waals surface area contributed by atoms with E-state index in [1.807, 2.05) is 30.3 Å². The monoisotopic (exact) mass is 463 g/mol. The topological polar surface area (TPSA) is 109 Å². The summed E-state index contributed by atoms with van der Waals surface area (Å²) in [5.41, 5.74) is 1.90. The number of nitrogens with zero attached hydrogens (tertiary/aromatic N) is 2. The molecule has 1 heterocycles. The summed E-state index contributed by atoms with van der Waals surface area (Å²) in [5, 5.41) is 2.63. The van der Waals surface area contributed by atoms with Gasteiger partial charge in [0.15, 0.2) is 23.9 Å². The number of Topliss-reactive ketones (excluding diaryl/α,β-unsaturated/α-hetero) is 1. The molecular formula is C25H25N3O6. The van der Waals surface area contributed by atoms with E-state index in [0.717, 1.165) is 5.56 Å². The highest BCUT2D eigenvalue weighted by Gasteiger charge is 2.30. The normalized spacial score (nSPS) is 14.7. The number of hydrogen-bond acceptors (Lipinski definition) is 8. The van der Waals surface area contributed by atoms with Crippen molar-refractivity contribution >= 4 is 17.6 Å². The fourth-order valence-electron chi connectivity index (χ4n) is 3.90. The van der Waals surface area contributed by atoms with E-state index in [2.05, 4.69) is 15.3 Å². The van der Waals surface area contributed by atoms with Crippen molar-refractivity contribution in [3.63, 3.8) is 0 Å². The van der Waals surface area contributed by atoms with E-state index in [-0.39, 0.29) is 24.3 Å². The van der Waals surface area contributed by atoms with Crippen LogP contribution in [0.25, 0.3) is 0 Å². The molecule has 0 unspecified atom stereocenters. The molecule has 1 aliphatic rings. The van der Waals surface area contributed by atoms with Gasteiger partial charge in [0.25, 0.3) is 5.91 Å². The highest BCUT2D eigenvalue weighted by Crippen LogP contribution is 2.42. The Kier molecular flexibility index (Phi) is 6.91. The van der Waals surface area contributed by atoms with Crippen molar-refractivity contribution in [2.45, 2.75) is 18.8 Å². The van der Waals surface area contributed by atoms with Gasteiger partial charge in [-0.1, -0.05) is 18.2 Å². The minimum atomic E-state index is -0.396. The number of benzene rings is 2. The van der Waals surface area contributed by atoms with Gasteiger partial charge in [-0.2, -0.15) is 0 Å². The molecule has 0 radical (unpaired) electrons. The predicted molar refractivity (Wildman–Crippen MR) is 124 cm³/mol. The van der Waals surface area contributed by atoms with Crippen LogP contribution in [-0.2, 0) is 11.2 Å². The quantitative estimate of drug-likeness (QED) is 0.541. The summed E-state index contributed by atoms with van der Waals surface area (Å²) in [4.78, 5) is 33.7. The van der Waals surface area contributed by atoms with Crippen molar-refractivity contribution in [1.82, 2.24) is 9.97 Å². The van der Waals surface area contributed by atoms with Gasteiger partial charge in [0.2, 0.25) is 11.7 Å². The second-order valence-electron chi connectivity index (χ2n) is 7.69. The molecule has 1 atom stereocenters. The molecule has 2 aromatic carbocycles. The van der Waals surface area contributed by atoms with Gasteiger partial charge in [-0.25, -0.2) is 9.97 Å². The zero-order valence-corrected chi connectivity index (χ0v) is 19.2. The number of methoxy groups -OCH3 is 3. The summed E-state index contributed by atoms with van der Waals surface area (Å²) in [6.07, 6.45) is 2.25. The largest absolute Gasteiger partial charge is 0.493 e. The van der Waals surface area contributed by atoms with Crippen molar-refractivity contribution in [2.75, 3.05) is 33.3 Å². The van der Waals surface area contributed by atoms with Gasteiger partial charge < -0.3 is 18.9 Å². The minimum Gasteiger partial charge on any atom is -0.493 e. The lowest BCUT2D eigenvalue weighted by Gasteiger charge is -2.24. The van der Waals surface area contributed by atoms with E-state index in [4.69, 9.17) is 18.9 Å². The van der Waals surface area contributed by atoms with E-state index in [1.54, 1.807) is 26.4 Å². The first-order valence-electron chi connectivity index (χ1n) is 10.7. The molecule has 9 heteroatoms. The molecule has 0 aliphatic heterocycles. The zero-order chi connectivity index (χ0) is 24.1. The van der Waals surface area contributed by atoms with Crippen LogP contribution in [0, 0.1) is 0 Å². The van der Waals surface area contributed by atoms with Gasteiger partial charge in [-0.15, -0.1) is 0 Å². The van der Waals surface area contributed by atoms with Crippen LogP contribution in [0.3, 0.4) is 0 Å². The fourth-order valence-corrected chi connectivity index (χ4v) is 3.90. The number of ether oxygens (including phenoxy) is 4. The van der Waals surface area contributed by atoms with Crippen LogP contribution in [0.5, 0.6) is 23.0 Å². The number of carbonyl (C=O) groups is 2. The van der Waals surface area contributed by atoms with Crippen LogP contribution in [0.1, 0.15) is 34.0 Å². The number of nitrogens with one attached hydrogen (secondary N) is 1. The minimum absolute atomic E-state index is 0.0645. The Morgan fingerprint density at radius 3 is 2.38 bits per heavy atom. The molecule has 9 nitrogen and oxygen atoms in total. The van der Waals surface area contributed by atoms with E-state index in [0.29, 0.717) is 47.1 Å². The summed E-state index contributed by atoms with van der Waals surface area (Å²) in [7, 11) is 4.64. The number of para-hydroxylation sites is 1. The van der Waals surface area contributed by atoms with Crippen molar-refractivity contribution in [3.8, 4) is 23.0 Å². The van der Waals surface area contributed by atoms with Crippen LogP contribution in [0.2, 0.25) is 0 Å². The van der Waals surface area contributed by atoms with Crippen molar-refractivity contribution < 1.29 is 28.5 Å². The van der Waals surface area contributed by atoms with E-state index in [1.165, 1.54) is 13.3 Å². The Morgan fingerprint density at radius 1 is 1.03 bits per heavy atom. The fraction of sp³-hybridized carbons (Fsp3) is 0.280. The molecule has 0 saturated heterocycles. The Balaban J connectivity index is 1.51. The Hall–Kier alpha value is -4.14. The third-order valence-electron chi connectivity index (χ3n) is 5.56. The highest BCUT2D eigenvalue weighted by molar-refractivity contribution is 5.99. The molecule has 34 heavy (non-hydrogen) atoms. The third kappa shape index (κ3) is 4.93. The lowest BCUT2D eigenvalue weighted by molar-refractivity contribution is -0.118. The van der Waals surface area contributed by atoms with E-state index < -0.39 is 5.91 Å². The average molecular weight is 463 g/mol. The number of amides is 1. The summed E-state index contributed by atoms with van der Waals surface area (Å²) in [5.74, 6) is 1.63. The standard InChI is InChI=1S/C25H25N3O6/c1-31-21-11-16(12-22(32-2)24(21)33-3)15-9-19-18(20(29)10-15)13-26-25(27-19)28-23(30)14-34-17-7-5-4-6-8-17/h4-8,11-13,15H,9-10,14H2,1-3H3,(H,26,27,28,30)/t15-/m1/s1. The number of rotatable bonds is 8. The van der Waals surface area contributed by atoms with Crippen LogP contribution in [0.15, 0.2) is 48.7 Å². The molecule has 0 fully saturated rings. The van der Waals surface area contributed by atoms with Gasteiger partial charge in [0.1, 0.15) is 5.75 Å². The van der Waals surface area contributed by atoms with Crippen molar-refractivity contribution in [3.05, 3.63) is 65.5 Å². The molecule has 4 rings (SSSR count). The number of carbonyl (C=O) groups excluding carboxylic acids is 2. The van der Waals surface area contributed by atoms with Gasteiger partial charge in [-0.3, -0.25) is 14.9 Å². The maximum atomic E-state index is 12.8. The smallest absolute Gasteiger partial charge is 0.264 e. The number of anilines is 1. The molecule has 0 spiro atoms. The van der Waals surface area contributed by atoms with E-state index >= 15 is 0 Å². The van der Waals surface area contributed by atoms with Crippen LogP contribution >= 0.6 is 0 Å². The molecule has 1 aliphatic carbocycles. The second kappa shape index (κ2) is 10.2. The highest BCUT2D eigenvalue weighted by atomic mass is 16.5. The maximum Gasteiger partial charge on any atom is 0.264 e. The first kappa shape index (κ1) is 23.0. The van der Waals surface area contributed by atoms with Crippen molar-refractivity contribution in [1.29, 1.82) is 0 Å². The number of hydrogen-bond donors (Lipinski definition) is 1. The molecule has 0 saturated carbocycles. The Morgan fingerprint density at radius 2 is 1.74 bits per heavy atom. The Labute approximate surface area is 197 Å². The summed E-state index contributed by atoms with van der Waals surface area (Å²) in [6, 6.07) is 12.7. The first-order valence-corrected chi connectivity index (χ1v) is 10.7. The number of aromatic nitrogens is 2. The molecule has 0 bridgehead atoms. The SMILES string of the molecule is COc1cc([C@H]2CC(=O)c3cnc(NC(=O)COc4ccccc4)nc3C2)cc(OC)c1OC. The molecule has 1 aromatic heterocycles. The summed E-state index contributed by atoms with van der Waals surface area (Å²) in [6.45, 7) is -0.183. The molecular weight excluding hydrogens is 438 g/mol. The second-order valence-corrected chi connectivity index (χ2v) is 7.69. The molecule has 3 aromatic rings. The average Bonchev–Trinajstić information content (AvgIpc) is 2.86.